The lowest BCUT2D eigenvalue weighted by atomic mass is 9.85. The van der Waals surface area contributed by atoms with E-state index >= 15 is 0 Å². The van der Waals surface area contributed by atoms with E-state index in [1.54, 1.807) is 0 Å². The fourth-order valence-electron chi connectivity index (χ4n) is 5.32. The number of anilines is 1. The van der Waals surface area contributed by atoms with E-state index in [4.69, 9.17) is 0 Å². The average Bonchev–Trinajstić information content (AvgIpc) is 3.26. The van der Waals surface area contributed by atoms with Gasteiger partial charge in [-0.15, -0.1) is 0 Å². The predicted octanol–water partition coefficient (Wildman–Crippen LogP) is 6.57. The first-order chi connectivity index (χ1) is 14.1. The molecular weight excluding hydrogens is 340 g/mol. The minimum atomic E-state index is -0.850. The van der Waals surface area contributed by atoms with E-state index in [2.05, 4.69) is 84.3 Å². The minimum absolute atomic E-state index is 0.194. The molecule has 1 saturated carbocycles. The third-order valence-electron chi connectivity index (χ3n) is 6.70. The molecule has 2 heterocycles. The number of hydrogen-bond acceptors (Lipinski definition) is 2. The molecule has 144 valence electrons. The number of nitrogens with zero attached hydrogens (tertiary/aromatic N) is 2. The molecule has 0 saturated heterocycles. The normalized spacial score (nSPS) is 28.1. The fraction of sp³-hybridized carbons (Fsp3) is 0.385. The maximum Gasteiger partial charge on any atom is 0.110 e. The maximum absolute atomic E-state index is 9.57. The second kappa shape index (κ2) is 7.16. The van der Waals surface area contributed by atoms with E-state index in [1.165, 1.54) is 54.7 Å². The van der Waals surface area contributed by atoms with Gasteiger partial charge in [0.25, 0.3) is 0 Å². The van der Waals surface area contributed by atoms with Gasteiger partial charge in [0.15, 0.2) is 0 Å². The number of para-hydroxylation sites is 1. The molecule has 2 atom stereocenters. The zero-order chi connectivity index (χ0) is 20.0. The van der Waals surface area contributed by atoms with Crippen LogP contribution in [0.4, 0.5) is 5.69 Å². The summed E-state index contributed by atoms with van der Waals surface area (Å²) in [6.07, 6.45) is 10.9. The van der Waals surface area contributed by atoms with Crippen LogP contribution in [0, 0.1) is 12.8 Å². The summed E-state index contributed by atoms with van der Waals surface area (Å²) in [7, 11) is 0. The highest BCUT2D eigenvalue weighted by atomic mass is 15.4. The Labute approximate surface area is 170 Å². The monoisotopic (exact) mass is 371 g/mol. The van der Waals surface area contributed by atoms with Crippen molar-refractivity contribution in [2.75, 3.05) is 4.90 Å². The highest BCUT2D eigenvalue weighted by molar-refractivity contribution is 5.63. The Bertz CT molecular complexity index is 958. The lowest BCUT2D eigenvalue weighted by Crippen LogP contribution is -2.47. The number of aryl methyl sites for hydroxylation is 1. The summed E-state index contributed by atoms with van der Waals surface area (Å²) in [5, 5.41) is 0. The molecule has 0 N–H and O–H groups in total. The minimum Gasteiger partial charge on any atom is -0.339 e. The van der Waals surface area contributed by atoms with Crippen LogP contribution < -0.4 is 4.90 Å². The van der Waals surface area contributed by atoms with Gasteiger partial charge >= 0.3 is 0 Å². The van der Waals surface area contributed by atoms with Crippen molar-refractivity contribution in [3.05, 3.63) is 89.3 Å². The average molecular weight is 372 g/mol. The maximum atomic E-state index is 9.57. The summed E-state index contributed by atoms with van der Waals surface area (Å²) >= 11 is 0. The van der Waals surface area contributed by atoms with Crippen LogP contribution in [-0.4, -0.2) is 11.1 Å². The Morgan fingerprint density at radius 3 is 2.36 bits per heavy atom. The fourth-order valence-corrected chi connectivity index (χ4v) is 5.32. The lowest BCUT2D eigenvalue weighted by molar-refractivity contribution is 0.156. The molecule has 5 rings (SSSR count). The molecule has 0 spiro atoms. The third-order valence-corrected chi connectivity index (χ3v) is 6.70. The van der Waals surface area contributed by atoms with Crippen LogP contribution in [0.5, 0.6) is 0 Å². The second-order valence-electron chi connectivity index (χ2n) is 8.39. The van der Waals surface area contributed by atoms with Crippen molar-refractivity contribution in [2.45, 2.75) is 58.1 Å². The number of allylic oxidation sites excluding steroid dienone is 2. The Balaban J connectivity index is 1.65. The van der Waals surface area contributed by atoms with Gasteiger partial charge in [0, 0.05) is 11.4 Å². The van der Waals surface area contributed by atoms with Gasteiger partial charge in [-0.1, -0.05) is 73.9 Å². The molecule has 3 aliphatic rings. The lowest BCUT2D eigenvalue weighted by Gasteiger charge is -2.43. The predicted molar refractivity (Wildman–Crippen MR) is 117 cm³/mol. The van der Waals surface area contributed by atoms with Crippen LogP contribution in [0.15, 0.2) is 78.1 Å². The van der Waals surface area contributed by atoms with E-state index in [-0.39, 0.29) is 6.17 Å². The van der Waals surface area contributed by atoms with Gasteiger partial charge < -0.3 is 9.80 Å². The van der Waals surface area contributed by atoms with Crippen LogP contribution in [0.3, 0.4) is 0 Å². The van der Waals surface area contributed by atoms with E-state index in [0.717, 1.165) is 5.56 Å². The third kappa shape index (κ3) is 2.78. The number of fused-ring (bicyclic) bond motifs is 1. The van der Waals surface area contributed by atoms with Crippen molar-refractivity contribution in [3.8, 4) is 0 Å². The van der Waals surface area contributed by atoms with Crippen molar-refractivity contribution in [1.82, 2.24) is 4.90 Å². The van der Waals surface area contributed by atoms with Gasteiger partial charge in [-0.2, -0.15) is 0 Å². The quantitative estimate of drug-likeness (QED) is 0.602. The van der Waals surface area contributed by atoms with Crippen molar-refractivity contribution >= 4 is 5.69 Å². The van der Waals surface area contributed by atoms with E-state index in [1.807, 2.05) is 6.07 Å². The van der Waals surface area contributed by atoms with E-state index in [0.29, 0.717) is 5.92 Å². The molecule has 2 unspecified atom stereocenters. The van der Waals surface area contributed by atoms with Gasteiger partial charge in [-0.25, -0.2) is 0 Å². The molecule has 2 aliphatic heterocycles. The van der Waals surface area contributed by atoms with Gasteiger partial charge in [-0.3, -0.25) is 0 Å². The summed E-state index contributed by atoms with van der Waals surface area (Å²) in [6.45, 7) is 4.44. The SMILES string of the molecule is [2H]C1(c2ccccc2)C=CC2=C(C)N(c3ccccc3C)C(C3CCCCC3)N21. The smallest absolute Gasteiger partial charge is 0.110 e. The molecule has 2 aromatic rings. The first-order valence-electron chi connectivity index (χ1n) is 11.2. The Hall–Kier alpha value is -2.48. The summed E-state index contributed by atoms with van der Waals surface area (Å²) in [5.74, 6) is 0.573. The van der Waals surface area contributed by atoms with Crippen molar-refractivity contribution in [3.63, 3.8) is 0 Å². The summed E-state index contributed by atoms with van der Waals surface area (Å²) < 4.78 is 9.57. The zero-order valence-corrected chi connectivity index (χ0v) is 16.9. The van der Waals surface area contributed by atoms with Crippen LogP contribution in [0.2, 0.25) is 0 Å². The molecular formula is C26H30N2. The Morgan fingerprint density at radius 1 is 0.893 bits per heavy atom. The first kappa shape index (κ1) is 16.5. The van der Waals surface area contributed by atoms with Gasteiger partial charge in [0.2, 0.25) is 0 Å². The summed E-state index contributed by atoms with van der Waals surface area (Å²) in [5.41, 5.74) is 6.12. The topological polar surface area (TPSA) is 6.48 Å². The molecule has 28 heavy (non-hydrogen) atoms. The largest absolute Gasteiger partial charge is 0.339 e. The molecule has 2 nitrogen and oxygen atoms in total. The molecule has 0 bridgehead atoms. The highest BCUT2D eigenvalue weighted by Gasteiger charge is 2.46. The van der Waals surface area contributed by atoms with Crippen LogP contribution in [0.1, 0.15) is 57.5 Å². The Morgan fingerprint density at radius 2 is 1.61 bits per heavy atom. The van der Waals surface area contributed by atoms with Crippen LogP contribution in [-0.2, 0) is 0 Å². The second-order valence-corrected chi connectivity index (χ2v) is 8.39. The number of hydrogen-bond donors (Lipinski definition) is 0. The van der Waals surface area contributed by atoms with Gasteiger partial charge in [0.1, 0.15) is 6.17 Å². The molecule has 0 amide bonds. The standard InChI is InChI=1S/C26H30N2/c1-19-11-9-10-16-23(19)27-20(2)24-17-18-25(21-12-5-3-6-13-21)28(24)26(27)22-14-7-4-8-15-22/h3,5-6,9-13,16-18,22,25-26H,4,7-8,14-15H2,1-2H3/i25D. The van der Waals surface area contributed by atoms with Crippen molar-refractivity contribution in [1.29, 1.82) is 0 Å². The van der Waals surface area contributed by atoms with Gasteiger partial charge in [-0.05, 0) is 55.9 Å². The molecule has 2 aromatic carbocycles. The summed E-state index contributed by atoms with van der Waals surface area (Å²) in [6, 6.07) is 18.2. The summed E-state index contributed by atoms with van der Waals surface area (Å²) in [4.78, 5) is 4.94. The van der Waals surface area contributed by atoms with Crippen molar-refractivity contribution < 1.29 is 1.37 Å². The van der Waals surface area contributed by atoms with Crippen molar-refractivity contribution in [2.24, 2.45) is 5.92 Å². The van der Waals surface area contributed by atoms with Crippen LogP contribution in [0.25, 0.3) is 0 Å². The van der Waals surface area contributed by atoms with Crippen LogP contribution >= 0.6 is 0 Å². The van der Waals surface area contributed by atoms with Gasteiger partial charge in [0.05, 0.1) is 13.1 Å². The Kier molecular flexibility index (Phi) is 4.21. The molecule has 0 radical (unpaired) electrons. The molecule has 2 heteroatoms. The first-order valence-corrected chi connectivity index (χ1v) is 10.7. The van der Waals surface area contributed by atoms with E-state index < -0.39 is 6.02 Å². The van der Waals surface area contributed by atoms with E-state index in [9.17, 15) is 1.37 Å². The highest BCUT2D eigenvalue weighted by Crippen LogP contribution is 2.49. The molecule has 0 aromatic heterocycles. The number of benzene rings is 2. The number of rotatable bonds is 3. The molecule has 1 aliphatic carbocycles. The zero-order valence-electron chi connectivity index (χ0n) is 17.9. The molecule has 1 fully saturated rings.